The first-order chi connectivity index (χ1) is 8.65. The van der Waals surface area contributed by atoms with E-state index in [1.54, 1.807) is 12.1 Å². The average molecular weight is 267 g/mol. The van der Waals surface area contributed by atoms with Crippen molar-refractivity contribution < 1.29 is 9.53 Å². The standard InChI is InChI=1S/C10H13N5O2S/c11-8(16)5-17-7-3-1-6(2-4-7)9-12-14-10(18)15-13-9/h1-4,9,12-13H,5H2,(H2,11,16)(H2,14,15,18). The van der Waals surface area contributed by atoms with E-state index in [2.05, 4.69) is 21.7 Å². The molecule has 2 rings (SSSR count). The van der Waals surface area contributed by atoms with E-state index in [-0.39, 0.29) is 12.8 Å². The van der Waals surface area contributed by atoms with Gasteiger partial charge in [-0.2, -0.15) is 0 Å². The SMILES string of the molecule is NC(=O)COc1ccc(C2NNC(=S)NN2)cc1. The van der Waals surface area contributed by atoms with Gasteiger partial charge in [0.1, 0.15) is 11.9 Å². The highest BCUT2D eigenvalue weighted by Crippen LogP contribution is 2.16. The molecule has 1 saturated heterocycles. The van der Waals surface area contributed by atoms with Crippen LogP contribution in [0.25, 0.3) is 0 Å². The molecule has 18 heavy (non-hydrogen) atoms. The molecule has 96 valence electrons. The molecule has 0 bridgehead atoms. The summed E-state index contributed by atoms with van der Waals surface area (Å²) >= 11 is 4.88. The van der Waals surface area contributed by atoms with Gasteiger partial charge in [-0.1, -0.05) is 12.1 Å². The van der Waals surface area contributed by atoms with Crippen molar-refractivity contribution in [3.63, 3.8) is 0 Å². The Morgan fingerprint density at radius 3 is 2.44 bits per heavy atom. The molecular formula is C10H13N5O2S. The fraction of sp³-hybridized carbons (Fsp3) is 0.200. The Labute approximate surface area is 109 Å². The van der Waals surface area contributed by atoms with Crippen molar-refractivity contribution in [1.82, 2.24) is 21.7 Å². The molecule has 1 aromatic rings. The second-order valence-electron chi connectivity index (χ2n) is 3.62. The second kappa shape index (κ2) is 5.63. The number of hydrogen-bond donors (Lipinski definition) is 5. The van der Waals surface area contributed by atoms with E-state index in [1.165, 1.54) is 0 Å². The van der Waals surface area contributed by atoms with Crippen molar-refractivity contribution in [3.8, 4) is 5.75 Å². The van der Waals surface area contributed by atoms with E-state index >= 15 is 0 Å². The summed E-state index contributed by atoms with van der Waals surface area (Å²) in [5.41, 5.74) is 17.5. The highest BCUT2D eigenvalue weighted by Gasteiger charge is 2.15. The minimum absolute atomic E-state index is 0.123. The van der Waals surface area contributed by atoms with Gasteiger partial charge in [-0.25, -0.2) is 10.9 Å². The van der Waals surface area contributed by atoms with Crippen LogP contribution >= 0.6 is 12.2 Å². The summed E-state index contributed by atoms with van der Waals surface area (Å²) in [5, 5.41) is 0.479. The fourth-order valence-corrected chi connectivity index (χ4v) is 1.54. The van der Waals surface area contributed by atoms with Crippen LogP contribution < -0.4 is 32.2 Å². The second-order valence-corrected chi connectivity index (χ2v) is 4.03. The summed E-state index contributed by atoms with van der Waals surface area (Å²) in [5.74, 6) is 0.0846. The topological polar surface area (TPSA) is 100 Å². The normalized spacial score (nSPS) is 15.7. The lowest BCUT2D eigenvalue weighted by Gasteiger charge is -2.28. The number of benzene rings is 1. The van der Waals surface area contributed by atoms with Crippen molar-refractivity contribution in [3.05, 3.63) is 29.8 Å². The molecule has 7 nitrogen and oxygen atoms in total. The minimum Gasteiger partial charge on any atom is -0.484 e. The van der Waals surface area contributed by atoms with Crippen LogP contribution in [0.3, 0.4) is 0 Å². The third kappa shape index (κ3) is 3.29. The van der Waals surface area contributed by atoms with Crippen molar-refractivity contribution in [1.29, 1.82) is 0 Å². The van der Waals surface area contributed by atoms with Crippen molar-refractivity contribution >= 4 is 23.2 Å². The van der Waals surface area contributed by atoms with Gasteiger partial charge >= 0.3 is 0 Å². The van der Waals surface area contributed by atoms with E-state index in [0.29, 0.717) is 10.9 Å². The molecule has 0 radical (unpaired) electrons. The molecule has 1 heterocycles. The molecule has 0 unspecified atom stereocenters. The molecule has 0 spiro atoms. The van der Waals surface area contributed by atoms with E-state index in [4.69, 9.17) is 22.7 Å². The number of rotatable bonds is 4. The zero-order chi connectivity index (χ0) is 13.0. The summed E-state index contributed by atoms with van der Waals surface area (Å²) in [7, 11) is 0. The lowest BCUT2D eigenvalue weighted by molar-refractivity contribution is -0.119. The Hall–Kier alpha value is -1.90. The number of hydrazine groups is 2. The summed E-state index contributed by atoms with van der Waals surface area (Å²) in [6, 6.07) is 7.24. The molecule has 1 fully saturated rings. The summed E-state index contributed by atoms with van der Waals surface area (Å²) < 4.78 is 5.16. The van der Waals surface area contributed by atoms with Crippen LogP contribution in [0.2, 0.25) is 0 Å². The maximum absolute atomic E-state index is 10.6. The number of ether oxygens (including phenoxy) is 1. The van der Waals surface area contributed by atoms with Crippen LogP contribution in [0, 0.1) is 0 Å². The fourth-order valence-electron chi connectivity index (χ4n) is 1.42. The number of amides is 1. The first-order valence-electron chi connectivity index (χ1n) is 5.23. The molecule has 1 aliphatic rings. The Morgan fingerprint density at radius 1 is 1.28 bits per heavy atom. The number of carbonyl (C=O) groups is 1. The number of carbonyl (C=O) groups excluding carboxylic acids is 1. The number of thiocarbonyl (C=S) groups is 1. The van der Waals surface area contributed by atoms with Crippen LogP contribution in [0.5, 0.6) is 5.75 Å². The van der Waals surface area contributed by atoms with E-state index in [1.807, 2.05) is 12.1 Å². The van der Waals surface area contributed by atoms with Gasteiger partial charge in [-0.15, -0.1) is 0 Å². The maximum Gasteiger partial charge on any atom is 0.255 e. The van der Waals surface area contributed by atoms with Gasteiger partial charge < -0.3 is 10.5 Å². The Balaban J connectivity index is 1.94. The van der Waals surface area contributed by atoms with Crippen molar-refractivity contribution in [2.45, 2.75) is 6.17 Å². The molecule has 0 aliphatic carbocycles. The van der Waals surface area contributed by atoms with Crippen LogP contribution in [0.1, 0.15) is 11.7 Å². The van der Waals surface area contributed by atoms with Gasteiger partial charge in [-0.05, 0) is 29.9 Å². The largest absolute Gasteiger partial charge is 0.484 e. The zero-order valence-corrected chi connectivity index (χ0v) is 10.2. The van der Waals surface area contributed by atoms with E-state index in [9.17, 15) is 4.79 Å². The van der Waals surface area contributed by atoms with Gasteiger partial charge in [-0.3, -0.25) is 15.6 Å². The molecule has 0 aromatic heterocycles. The summed E-state index contributed by atoms with van der Waals surface area (Å²) in [6.45, 7) is -0.128. The van der Waals surface area contributed by atoms with Gasteiger partial charge in [0.25, 0.3) is 5.91 Å². The van der Waals surface area contributed by atoms with Crippen LogP contribution in [-0.2, 0) is 4.79 Å². The molecule has 1 aromatic carbocycles. The lowest BCUT2D eigenvalue weighted by Crippen LogP contribution is -2.61. The van der Waals surface area contributed by atoms with Crippen molar-refractivity contribution in [2.75, 3.05) is 6.61 Å². The Bertz CT molecular complexity index is 440. The maximum atomic E-state index is 10.6. The molecule has 0 saturated carbocycles. The summed E-state index contributed by atoms with van der Waals surface area (Å²) in [4.78, 5) is 10.6. The van der Waals surface area contributed by atoms with Gasteiger partial charge in [0, 0.05) is 0 Å². The number of hydrogen-bond acceptors (Lipinski definition) is 5. The molecule has 8 heteroatoms. The van der Waals surface area contributed by atoms with Crippen LogP contribution in [0.4, 0.5) is 0 Å². The molecule has 6 N–H and O–H groups in total. The third-order valence-electron chi connectivity index (χ3n) is 2.25. The monoisotopic (exact) mass is 267 g/mol. The molecule has 1 amide bonds. The predicted molar refractivity (Wildman–Crippen MR) is 69.0 cm³/mol. The number of nitrogens with two attached hydrogens (primary N) is 1. The average Bonchev–Trinajstić information content (AvgIpc) is 2.38. The highest BCUT2D eigenvalue weighted by atomic mass is 32.1. The zero-order valence-electron chi connectivity index (χ0n) is 9.40. The first kappa shape index (κ1) is 12.6. The molecule has 1 aliphatic heterocycles. The first-order valence-corrected chi connectivity index (χ1v) is 5.64. The van der Waals surface area contributed by atoms with E-state index < -0.39 is 5.91 Å². The minimum atomic E-state index is -0.503. The smallest absolute Gasteiger partial charge is 0.255 e. The number of primary amides is 1. The molecule has 0 atom stereocenters. The highest BCUT2D eigenvalue weighted by molar-refractivity contribution is 7.80. The van der Waals surface area contributed by atoms with Gasteiger partial charge in [0.15, 0.2) is 11.7 Å². The number of nitrogens with one attached hydrogen (secondary N) is 4. The molecular weight excluding hydrogens is 254 g/mol. The van der Waals surface area contributed by atoms with E-state index in [0.717, 1.165) is 5.56 Å². The lowest BCUT2D eigenvalue weighted by atomic mass is 10.2. The predicted octanol–water partition coefficient (Wildman–Crippen LogP) is -0.964. The third-order valence-corrected chi connectivity index (χ3v) is 2.46. The quantitative estimate of drug-likeness (QED) is 0.448. The Kier molecular flexibility index (Phi) is 3.92. The Morgan fingerprint density at radius 2 is 1.89 bits per heavy atom. The van der Waals surface area contributed by atoms with Crippen LogP contribution in [0.15, 0.2) is 24.3 Å². The van der Waals surface area contributed by atoms with Gasteiger partial charge in [0.2, 0.25) is 0 Å². The summed E-state index contributed by atoms with van der Waals surface area (Å²) in [6.07, 6.45) is -0.123. The van der Waals surface area contributed by atoms with Crippen molar-refractivity contribution in [2.24, 2.45) is 5.73 Å². The van der Waals surface area contributed by atoms with Crippen LogP contribution in [-0.4, -0.2) is 17.6 Å². The van der Waals surface area contributed by atoms with Gasteiger partial charge in [0.05, 0.1) is 0 Å².